The Labute approximate surface area is 103 Å². The molecule has 1 aliphatic rings. The molecule has 0 spiro atoms. The number of nitrogens with one attached hydrogen (secondary N) is 2. The van der Waals surface area contributed by atoms with E-state index in [1.165, 1.54) is 16.7 Å². The van der Waals surface area contributed by atoms with Crippen molar-refractivity contribution in [2.45, 2.75) is 20.3 Å². The van der Waals surface area contributed by atoms with Gasteiger partial charge in [-0.2, -0.15) is 0 Å². The van der Waals surface area contributed by atoms with Gasteiger partial charge in [0.2, 0.25) is 5.91 Å². The van der Waals surface area contributed by atoms with E-state index in [0.29, 0.717) is 0 Å². The zero-order valence-corrected chi connectivity index (χ0v) is 10.5. The molecule has 0 saturated carbocycles. The topological polar surface area (TPSA) is 41.1 Å². The maximum Gasteiger partial charge on any atom is 0.225 e. The zero-order valence-electron chi connectivity index (χ0n) is 10.5. The Kier molecular flexibility index (Phi) is 3.79. The summed E-state index contributed by atoms with van der Waals surface area (Å²) in [6, 6.07) is 6.33. The highest BCUT2D eigenvalue weighted by atomic mass is 16.2. The van der Waals surface area contributed by atoms with Crippen molar-refractivity contribution >= 4 is 5.91 Å². The van der Waals surface area contributed by atoms with Crippen LogP contribution < -0.4 is 10.6 Å². The van der Waals surface area contributed by atoms with Crippen molar-refractivity contribution < 1.29 is 4.79 Å². The van der Waals surface area contributed by atoms with Crippen molar-refractivity contribution in [2.75, 3.05) is 19.6 Å². The van der Waals surface area contributed by atoms with Crippen molar-refractivity contribution in [3.63, 3.8) is 0 Å². The second-order valence-corrected chi connectivity index (χ2v) is 4.77. The number of aryl methyl sites for hydroxylation is 2. The molecule has 1 fully saturated rings. The molecule has 1 heterocycles. The minimum absolute atomic E-state index is 0.188. The summed E-state index contributed by atoms with van der Waals surface area (Å²) in [7, 11) is 0. The first kappa shape index (κ1) is 12.1. The van der Waals surface area contributed by atoms with Crippen LogP contribution in [0.2, 0.25) is 0 Å². The maximum atomic E-state index is 11.6. The molecule has 0 radical (unpaired) electrons. The molecule has 92 valence electrons. The van der Waals surface area contributed by atoms with E-state index in [4.69, 9.17) is 0 Å². The van der Waals surface area contributed by atoms with Crippen molar-refractivity contribution in [3.05, 3.63) is 34.9 Å². The third-order valence-electron chi connectivity index (χ3n) is 3.47. The summed E-state index contributed by atoms with van der Waals surface area (Å²) in [6.45, 7) is 6.64. The summed E-state index contributed by atoms with van der Waals surface area (Å²) >= 11 is 0. The zero-order chi connectivity index (χ0) is 12.3. The van der Waals surface area contributed by atoms with Gasteiger partial charge in [-0.3, -0.25) is 4.79 Å². The molecule has 1 aromatic rings. The lowest BCUT2D eigenvalue weighted by Gasteiger charge is -2.25. The summed E-state index contributed by atoms with van der Waals surface area (Å²) < 4.78 is 0. The molecule has 0 bridgehead atoms. The van der Waals surface area contributed by atoms with Crippen LogP contribution in [0.1, 0.15) is 16.7 Å². The third kappa shape index (κ3) is 2.86. The van der Waals surface area contributed by atoms with Gasteiger partial charge in [0.05, 0.1) is 5.92 Å². The molecule has 2 rings (SSSR count). The SMILES string of the molecule is Cc1cccc(C)c1CCNC(=O)C1CNC1. The molecule has 3 nitrogen and oxygen atoms in total. The standard InChI is InChI=1S/C14H20N2O/c1-10-4-3-5-11(2)13(10)6-7-16-14(17)12-8-15-9-12/h3-5,12,15H,6-9H2,1-2H3,(H,16,17). The van der Waals surface area contributed by atoms with Gasteiger partial charge >= 0.3 is 0 Å². The first-order chi connectivity index (χ1) is 8.18. The van der Waals surface area contributed by atoms with Crippen LogP contribution in [0.3, 0.4) is 0 Å². The van der Waals surface area contributed by atoms with E-state index in [2.05, 4.69) is 42.7 Å². The highest BCUT2D eigenvalue weighted by Gasteiger charge is 2.24. The third-order valence-corrected chi connectivity index (χ3v) is 3.47. The predicted molar refractivity (Wildman–Crippen MR) is 69.0 cm³/mol. The maximum absolute atomic E-state index is 11.6. The van der Waals surface area contributed by atoms with E-state index in [9.17, 15) is 4.79 Å². The van der Waals surface area contributed by atoms with Crippen molar-refractivity contribution in [3.8, 4) is 0 Å². The number of carbonyl (C=O) groups is 1. The Morgan fingerprint density at radius 2 is 2.00 bits per heavy atom. The second-order valence-electron chi connectivity index (χ2n) is 4.77. The van der Waals surface area contributed by atoms with Gasteiger partial charge in [0.25, 0.3) is 0 Å². The van der Waals surface area contributed by atoms with Crippen LogP contribution in [0.15, 0.2) is 18.2 Å². The van der Waals surface area contributed by atoms with E-state index < -0.39 is 0 Å². The highest BCUT2D eigenvalue weighted by molar-refractivity contribution is 5.79. The molecule has 1 aromatic carbocycles. The van der Waals surface area contributed by atoms with Crippen LogP contribution in [-0.4, -0.2) is 25.5 Å². The van der Waals surface area contributed by atoms with Crippen LogP contribution in [0, 0.1) is 19.8 Å². The van der Waals surface area contributed by atoms with Gasteiger partial charge in [0, 0.05) is 19.6 Å². The van der Waals surface area contributed by atoms with Gasteiger partial charge < -0.3 is 10.6 Å². The molecular formula is C14H20N2O. The van der Waals surface area contributed by atoms with Crippen LogP contribution in [0.4, 0.5) is 0 Å². The quantitative estimate of drug-likeness (QED) is 0.818. The Hall–Kier alpha value is -1.35. The molecule has 1 aliphatic heterocycles. The van der Waals surface area contributed by atoms with Crippen molar-refractivity contribution in [1.29, 1.82) is 0 Å². The summed E-state index contributed by atoms with van der Waals surface area (Å²) in [5.41, 5.74) is 3.98. The fourth-order valence-corrected chi connectivity index (χ4v) is 2.17. The number of amides is 1. The molecule has 0 atom stereocenters. The molecular weight excluding hydrogens is 212 g/mol. The molecule has 1 saturated heterocycles. The van der Waals surface area contributed by atoms with Crippen molar-refractivity contribution in [1.82, 2.24) is 10.6 Å². The summed E-state index contributed by atoms with van der Waals surface area (Å²) in [4.78, 5) is 11.6. The molecule has 17 heavy (non-hydrogen) atoms. The predicted octanol–water partition coefficient (Wildman–Crippen LogP) is 1.18. The van der Waals surface area contributed by atoms with Gasteiger partial charge in [0.1, 0.15) is 0 Å². The minimum atomic E-state index is 0.188. The average Bonchev–Trinajstić information content (AvgIpc) is 2.20. The highest BCUT2D eigenvalue weighted by Crippen LogP contribution is 2.13. The van der Waals surface area contributed by atoms with Gasteiger partial charge in [-0.1, -0.05) is 18.2 Å². The first-order valence-electron chi connectivity index (χ1n) is 6.22. The minimum Gasteiger partial charge on any atom is -0.355 e. The number of hydrogen-bond donors (Lipinski definition) is 2. The van der Waals surface area contributed by atoms with Gasteiger partial charge in [-0.25, -0.2) is 0 Å². The van der Waals surface area contributed by atoms with E-state index in [1.54, 1.807) is 0 Å². The lowest BCUT2D eigenvalue weighted by atomic mass is 9.99. The smallest absolute Gasteiger partial charge is 0.225 e. The Bertz CT molecular complexity index is 390. The van der Waals surface area contributed by atoms with Crippen LogP contribution in [0.25, 0.3) is 0 Å². The van der Waals surface area contributed by atoms with Gasteiger partial charge in [0.15, 0.2) is 0 Å². The summed E-state index contributed by atoms with van der Waals surface area (Å²) in [5, 5.41) is 6.12. The number of hydrogen-bond acceptors (Lipinski definition) is 2. The summed E-state index contributed by atoms with van der Waals surface area (Å²) in [6.07, 6.45) is 0.921. The Morgan fingerprint density at radius 3 is 2.53 bits per heavy atom. The number of benzene rings is 1. The van der Waals surface area contributed by atoms with E-state index in [1.807, 2.05) is 0 Å². The number of rotatable bonds is 4. The molecule has 1 amide bonds. The lowest BCUT2D eigenvalue weighted by Crippen LogP contribution is -2.51. The normalized spacial score (nSPS) is 15.4. The largest absolute Gasteiger partial charge is 0.355 e. The van der Waals surface area contributed by atoms with Crippen LogP contribution >= 0.6 is 0 Å². The van der Waals surface area contributed by atoms with Crippen LogP contribution in [-0.2, 0) is 11.2 Å². The van der Waals surface area contributed by atoms with Gasteiger partial charge in [-0.15, -0.1) is 0 Å². The molecule has 2 N–H and O–H groups in total. The fourth-order valence-electron chi connectivity index (χ4n) is 2.17. The lowest BCUT2D eigenvalue weighted by molar-refractivity contribution is -0.126. The fraction of sp³-hybridized carbons (Fsp3) is 0.500. The molecule has 0 aliphatic carbocycles. The van der Waals surface area contributed by atoms with E-state index in [0.717, 1.165) is 26.1 Å². The molecule has 0 aromatic heterocycles. The monoisotopic (exact) mass is 232 g/mol. The molecule has 0 unspecified atom stereocenters. The Balaban J connectivity index is 1.83. The van der Waals surface area contributed by atoms with Crippen molar-refractivity contribution in [2.24, 2.45) is 5.92 Å². The van der Waals surface area contributed by atoms with E-state index in [-0.39, 0.29) is 11.8 Å². The average molecular weight is 232 g/mol. The second kappa shape index (κ2) is 5.32. The van der Waals surface area contributed by atoms with Crippen LogP contribution in [0.5, 0.6) is 0 Å². The van der Waals surface area contributed by atoms with Gasteiger partial charge in [-0.05, 0) is 37.0 Å². The molecule has 3 heteroatoms. The first-order valence-corrected chi connectivity index (χ1v) is 6.22. The van der Waals surface area contributed by atoms with E-state index >= 15 is 0 Å². The number of carbonyl (C=O) groups excluding carboxylic acids is 1. The Morgan fingerprint density at radius 1 is 1.35 bits per heavy atom. The summed E-state index contributed by atoms with van der Waals surface area (Å²) in [5.74, 6) is 0.378.